The maximum atomic E-state index is 6.16. The average molecular weight is 234 g/mol. The summed E-state index contributed by atoms with van der Waals surface area (Å²) >= 11 is 0. The normalized spacial score (nSPS) is 32.7. The molecule has 0 radical (unpaired) electrons. The number of ether oxygens (including phenoxy) is 1. The van der Waals surface area contributed by atoms with Crippen molar-refractivity contribution in [2.75, 3.05) is 6.61 Å². The Bertz CT molecular complexity index is 399. The molecule has 3 unspecified atom stereocenters. The maximum Gasteiger partial charge on any atom is 0.0593 e. The highest BCUT2D eigenvalue weighted by atomic mass is 16.5. The van der Waals surface area contributed by atoms with Crippen LogP contribution in [0.15, 0.2) is 12.3 Å². The molecular formula is C14H22N2O. The molecular weight excluding hydrogens is 212 g/mol. The molecule has 0 spiro atoms. The SMILES string of the molecule is CC1OCCC1Cn1ccc2c1CCCC2N. The van der Waals surface area contributed by atoms with Gasteiger partial charge in [-0.25, -0.2) is 0 Å². The minimum atomic E-state index is 0.261. The van der Waals surface area contributed by atoms with Gasteiger partial charge in [0.25, 0.3) is 0 Å². The topological polar surface area (TPSA) is 40.2 Å². The van der Waals surface area contributed by atoms with Gasteiger partial charge in [0.2, 0.25) is 0 Å². The van der Waals surface area contributed by atoms with Crippen LogP contribution in [0.2, 0.25) is 0 Å². The predicted molar refractivity (Wildman–Crippen MR) is 67.8 cm³/mol. The second-order valence-electron chi connectivity index (χ2n) is 5.49. The molecule has 3 atom stereocenters. The molecule has 2 aliphatic rings. The van der Waals surface area contributed by atoms with E-state index < -0.39 is 0 Å². The lowest BCUT2D eigenvalue weighted by Crippen LogP contribution is -2.22. The Balaban J connectivity index is 1.79. The number of hydrogen-bond acceptors (Lipinski definition) is 2. The molecule has 1 aliphatic heterocycles. The van der Waals surface area contributed by atoms with Crippen LogP contribution in [0.1, 0.15) is 43.5 Å². The van der Waals surface area contributed by atoms with Crippen LogP contribution in [-0.2, 0) is 17.7 Å². The van der Waals surface area contributed by atoms with E-state index in [2.05, 4.69) is 23.8 Å². The van der Waals surface area contributed by atoms with Crippen LogP contribution >= 0.6 is 0 Å². The van der Waals surface area contributed by atoms with Crippen molar-refractivity contribution in [3.8, 4) is 0 Å². The van der Waals surface area contributed by atoms with Crippen LogP contribution in [0.5, 0.6) is 0 Å². The van der Waals surface area contributed by atoms with Crippen molar-refractivity contribution >= 4 is 0 Å². The zero-order chi connectivity index (χ0) is 11.8. The van der Waals surface area contributed by atoms with E-state index in [9.17, 15) is 0 Å². The molecule has 1 aromatic heterocycles. The van der Waals surface area contributed by atoms with E-state index in [1.54, 1.807) is 0 Å². The molecule has 2 heterocycles. The molecule has 3 rings (SSSR count). The lowest BCUT2D eigenvalue weighted by molar-refractivity contribution is 0.101. The first-order chi connectivity index (χ1) is 8.25. The summed E-state index contributed by atoms with van der Waals surface area (Å²) in [6.45, 7) is 4.22. The standard InChI is InChI=1S/C14H22N2O/c1-10-11(6-8-17-10)9-16-7-5-12-13(15)3-2-4-14(12)16/h5,7,10-11,13H,2-4,6,8-9,15H2,1H3. The Labute approximate surface area is 103 Å². The van der Waals surface area contributed by atoms with Crippen molar-refractivity contribution in [1.82, 2.24) is 4.57 Å². The predicted octanol–water partition coefficient (Wildman–Crippen LogP) is 2.25. The van der Waals surface area contributed by atoms with E-state index in [0.29, 0.717) is 12.0 Å². The minimum Gasteiger partial charge on any atom is -0.378 e. The van der Waals surface area contributed by atoms with Gasteiger partial charge >= 0.3 is 0 Å². The van der Waals surface area contributed by atoms with Gasteiger partial charge < -0.3 is 15.0 Å². The van der Waals surface area contributed by atoms with Gasteiger partial charge in [-0.2, -0.15) is 0 Å². The third-order valence-corrected chi connectivity index (χ3v) is 4.41. The van der Waals surface area contributed by atoms with E-state index in [1.807, 2.05) is 0 Å². The van der Waals surface area contributed by atoms with E-state index in [0.717, 1.165) is 19.6 Å². The summed E-state index contributed by atoms with van der Waals surface area (Å²) in [7, 11) is 0. The highest BCUT2D eigenvalue weighted by Crippen LogP contribution is 2.30. The average Bonchev–Trinajstić information content (AvgIpc) is 2.89. The number of aromatic nitrogens is 1. The quantitative estimate of drug-likeness (QED) is 0.852. The smallest absolute Gasteiger partial charge is 0.0593 e. The van der Waals surface area contributed by atoms with Gasteiger partial charge in [-0.15, -0.1) is 0 Å². The van der Waals surface area contributed by atoms with Crippen LogP contribution in [0, 0.1) is 5.92 Å². The molecule has 1 aromatic rings. The third-order valence-electron chi connectivity index (χ3n) is 4.41. The highest BCUT2D eigenvalue weighted by molar-refractivity contribution is 5.28. The van der Waals surface area contributed by atoms with E-state index in [1.165, 1.54) is 30.5 Å². The van der Waals surface area contributed by atoms with Crippen LogP contribution in [0.3, 0.4) is 0 Å². The third kappa shape index (κ3) is 2.02. The molecule has 1 aliphatic carbocycles. The molecule has 17 heavy (non-hydrogen) atoms. The van der Waals surface area contributed by atoms with Crippen molar-refractivity contribution in [2.24, 2.45) is 11.7 Å². The first kappa shape index (κ1) is 11.3. The molecule has 0 amide bonds. The molecule has 94 valence electrons. The number of nitrogens with two attached hydrogens (primary N) is 1. The van der Waals surface area contributed by atoms with Crippen LogP contribution in [0.4, 0.5) is 0 Å². The van der Waals surface area contributed by atoms with Gasteiger partial charge in [-0.3, -0.25) is 0 Å². The van der Waals surface area contributed by atoms with Crippen molar-refractivity contribution in [2.45, 2.75) is 51.3 Å². The largest absolute Gasteiger partial charge is 0.378 e. The molecule has 0 saturated carbocycles. The molecule has 3 nitrogen and oxygen atoms in total. The fourth-order valence-corrected chi connectivity index (χ4v) is 3.23. The fraction of sp³-hybridized carbons (Fsp3) is 0.714. The van der Waals surface area contributed by atoms with Crippen LogP contribution in [-0.4, -0.2) is 17.3 Å². The summed E-state index contributed by atoms with van der Waals surface area (Å²) in [5.74, 6) is 0.671. The van der Waals surface area contributed by atoms with Crippen LogP contribution < -0.4 is 5.73 Å². The Hall–Kier alpha value is -0.800. The summed E-state index contributed by atoms with van der Waals surface area (Å²) < 4.78 is 8.06. The van der Waals surface area contributed by atoms with E-state index >= 15 is 0 Å². The maximum absolute atomic E-state index is 6.16. The van der Waals surface area contributed by atoms with Gasteiger partial charge in [-0.1, -0.05) is 0 Å². The van der Waals surface area contributed by atoms with E-state index in [-0.39, 0.29) is 6.04 Å². The molecule has 1 fully saturated rings. The lowest BCUT2D eigenvalue weighted by atomic mass is 9.93. The molecule has 2 N–H and O–H groups in total. The molecule has 3 heteroatoms. The number of fused-ring (bicyclic) bond motifs is 1. The molecule has 0 bridgehead atoms. The van der Waals surface area contributed by atoms with Gasteiger partial charge in [0, 0.05) is 37.0 Å². The van der Waals surface area contributed by atoms with Gasteiger partial charge in [0.1, 0.15) is 0 Å². The Kier molecular flexibility index (Phi) is 2.97. The van der Waals surface area contributed by atoms with Crippen molar-refractivity contribution in [3.63, 3.8) is 0 Å². The summed E-state index contributed by atoms with van der Waals surface area (Å²) in [4.78, 5) is 0. The van der Waals surface area contributed by atoms with Gasteiger partial charge in [0.05, 0.1) is 6.10 Å². The monoisotopic (exact) mass is 234 g/mol. The van der Waals surface area contributed by atoms with Gasteiger partial charge in [-0.05, 0) is 44.2 Å². The summed E-state index contributed by atoms with van der Waals surface area (Å²) in [6, 6.07) is 2.48. The zero-order valence-corrected chi connectivity index (χ0v) is 10.6. The minimum absolute atomic E-state index is 0.261. The zero-order valence-electron chi connectivity index (χ0n) is 10.6. The fourth-order valence-electron chi connectivity index (χ4n) is 3.23. The summed E-state index contributed by atoms with van der Waals surface area (Å²) in [6.07, 6.45) is 7.39. The number of rotatable bonds is 2. The Morgan fingerprint density at radius 1 is 1.47 bits per heavy atom. The lowest BCUT2D eigenvalue weighted by Gasteiger charge is -2.23. The Morgan fingerprint density at radius 2 is 2.35 bits per heavy atom. The summed E-state index contributed by atoms with van der Waals surface area (Å²) in [5.41, 5.74) is 9.01. The second kappa shape index (κ2) is 4.46. The Morgan fingerprint density at radius 3 is 3.12 bits per heavy atom. The van der Waals surface area contributed by atoms with Crippen molar-refractivity contribution < 1.29 is 4.74 Å². The van der Waals surface area contributed by atoms with Crippen molar-refractivity contribution in [1.29, 1.82) is 0 Å². The first-order valence-corrected chi connectivity index (χ1v) is 6.81. The number of nitrogens with zero attached hydrogens (tertiary/aromatic N) is 1. The second-order valence-corrected chi connectivity index (χ2v) is 5.49. The highest BCUT2D eigenvalue weighted by Gasteiger charge is 2.26. The molecule has 0 aromatic carbocycles. The summed E-state index contributed by atoms with van der Waals surface area (Å²) in [5, 5.41) is 0. The first-order valence-electron chi connectivity index (χ1n) is 6.81. The molecule has 1 saturated heterocycles. The van der Waals surface area contributed by atoms with Crippen molar-refractivity contribution in [3.05, 3.63) is 23.5 Å². The van der Waals surface area contributed by atoms with Crippen LogP contribution in [0.25, 0.3) is 0 Å². The number of hydrogen-bond donors (Lipinski definition) is 1. The van der Waals surface area contributed by atoms with E-state index in [4.69, 9.17) is 10.5 Å². The van der Waals surface area contributed by atoms with Gasteiger partial charge in [0.15, 0.2) is 0 Å².